The normalized spacial score (nSPS) is 15.2. The molecule has 10 heteroatoms. The van der Waals surface area contributed by atoms with Gasteiger partial charge in [-0.15, -0.1) is 0 Å². The van der Waals surface area contributed by atoms with Crippen LogP contribution in [0.3, 0.4) is 0 Å². The average molecular weight is 439 g/mol. The van der Waals surface area contributed by atoms with Crippen molar-refractivity contribution in [3.05, 3.63) is 64.3 Å². The van der Waals surface area contributed by atoms with Crippen molar-refractivity contribution in [3.63, 3.8) is 0 Å². The summed E-state index contributed by atoms with van der Waals surface area (Å²) in [6, 6.07) is 5.88. The molecular formula is C21H16ClFN6O2. The number of carbonyl (C=O) groups excluding carboxylic acids is 1. The number of aromatic amines is 1. The second-order valence-electron chi connectivity index (χ2n) is 7.25. The van der Waals surface area contributed by atoms with Gasteiger partial charge in [-0.3, -0.25) is 14.6 Å². The summed E-state index contributed by atoms with van der Waals surface area (Å²) in [4.78, 5) is 17.8. The number of aromatic nitrogens is 5. The van der Waals surface area contributed by atoms with Gasteiger partial charge in [-0.05, 0) is 31.2 Å². The smallest absolute Gasteiger partial charge is 0.202 e. The maximum absolute atomic E-state index is 14.2. The van der Waals surface area contributed by atoms with Crippen LogP contribution in [0.15, 0.2) is 36.7 Å². The molecule has 4 aromatic rings. The highest BCUT2D eigenvalue weighted by Crippen LogP contribution is 2.39. The predicted molar refractivity (Wildman–Crippen MR) is 112 cm³/mol. The molecule has 3 aromatic heterocycles. The fraction of sp³-hybridized carbons (Fsp3) is 0.143. The highest BCUT2D eigenvalue weighted by molar-refractivity contribution is 6.35. The number of nitrogens with zero attached hydrogens (tertiary/aromatic N) is 4. The third kappa shape index (κ3) is 3.05. The van der Waals surface area contributed by atoms with E-state index in [1.165, 1.54) is 23.0 Å². The number of ether oxygens (including phenoxy) is 1. The fourth-order valence-electron chi connectivity index (χ4n) is 3.74. The molecule has 1 aliphatic heterocycles. The van der Waals surface area contributed by atoms with E-state index in [0.29, 0.717) is 33.6 Å². The molecule has 5 rings (SSSR count). The molecule has 0 fully saturated rings. The van der Waals surface area contributed by atoms with E-state index in [9.17, 15) is 9.18 Å². The van der Waals surface area contributed by atoms with Crippen LogP contribution in [0.5, 0.6) is 5.75 Å². The van der Waals surface area contributed by atoms with Crippen molar-refractivity contribution < 1.29 is 13.9 Å². The molecule has 0 spiro atoms. The van der Waals surface area contributed by atoms with Crippen LogP contribution in [0, 0.1) is 5.82 Å². The summed E-state index contributed by atoms with van der Waals surface area (Å²) in [5, 5.41) is 11.4. The van der Waals surface area contributed by atoms with Crippen LogP contribution >= 0.6 is 11.6 Å². The summed E-state index contributed by atoms with van der Waals surface area (Å²) in [6.07, 6.45) is 2.47. The summed E-state index contributed by atoms with van der Waals surface area (Å²) < 4.78 is 21.8. The van der Waals surface area contributed by atoms with E-state index in [1.807, 2.05) is 0 Å². The molecule has 0 amide bonds. The zero-order chi connectivity index (χ0) is 21.9. The lowest BCUT2D eigenvalue weighted by Gasteiger charge is -2.20. The maximum Gasteiger partial charge on any atom is 0.202 e. The van der Waals surface area contributed by atoms with Gasteiger partial charge in [-0.25, -0.2) is 9.37 Å². The minimum absolute atomic E-state index is 0.0823. The van der Waals surface area contributed by atoms with Crippen molar-refractivity contribution in [1.29, 1.82) is 0 Å². The minimum atomic E-state index is -0.614. The molecule has 2 bridgehead atoms. The van der Waals surface area contributed by atoms with Crippen LogP contribution in [0.4, 0.5) is 10.2 Å². The minimum Gasteiger partial charge on any atom is -0.482 e. The van der Waals surface area contributed by atoms with Gasteiger partial charge in [0.25, 0.3) is 0 Å². The highest BCUT2D eigenvalue weighted by atomic mass is 35.5. The largest absolute Gasteiger partial charge is 0.482 e. The molecule has 1 aliphatic rings. The quantitative estimate of drug-likeness (QED) is 0.430. The van der Waals surface area contributed by atoms with Gasteiger partial charge in [-0.2, -0.15) is 10.2 Å². The van der Waals surface area contributed by atoms with Gasteiger partial charge in [0, 0.05) is 36.1 Å². The molecule has 0 radical (unpaired) electrons. The molecule has 0 saturated heterocycles. The number of hydrogen-bond donors (Lipinski definition) is 2. The van der Waals surface area contributed by atoms with E-state index in [0.717, 1.165) is 0 Å². The van der Waals surface area contributed by atoms with Gasteiger partial charge >= 0.3 is 0 Å². The first-order chi connectivity index (χ1) is 14.8. The Hall–Kier alpha value is -3.72. The van der Waals surface area contributed by atoms with Crippen LogP contribution in [0.25, 0.3) is 22.5 Å². The number of anilines is 1. The second kappa shape index (κ2) is 6.92. The van der Waals surface area contributed by atoms with Gasteiger partial charge in [0.05, 0.1) is 11.1 Å². The van der Waals surface area contributed by atoms with E-state index in [4.69, 9.17) is 22.1 Å². The van der Waals surface area contributed by atoms with Gasteiger partial charge < -0.3 is 10.5 Å². The van der Waals surface area contributed by atoms with Gasteiger partial charge in [0.15, 0.2) is 11.6 Å². The zero-order valence-corrected chi connectivity index (χ0v) is 17.2. The number of halogens is 2. The first-order valence-electron chi connectivity index (χ1n) is 9.38. The molecule has 1 aromatic carbocycles. The highest BCUT2D eigenvalue weighted by Gasteiger charge is 2.29. The molecule has 31 heavy (non-hydrogen) atoms. The molecule has 4 heterocycles. The number of benzene rings is 1. The summed E-state index contributed by atoms with van der Waals surface area (Å²) >= 11 is 6.31. The Morgan fingerprint density at radius 3 is 2.87 bits per heavy atom. The summed E-state index contributed by atoms with van der Waals surface area (Å²) in [5.41, 5.74) is 8.75. The van der Waals surface area contributed by atoms with E-state index in [1.54, 1.807) is 32.3 Å². The van der Waals surface area contributed by atoms with Crippen LogP contribution < -0.4 is 10.5 Å². The summed E-state index contributed by atoms with van der Waals surface area (Å²) in [6.45, 7) is 1.76. The molecule has 8 nitrogen and oxygen atoms in total. The molecule has 0 saturated carbocycles. The Bertz CT molecular complexity index is 1360. The lowest BCUT2D eigenvalue weighted by molar-refractivity contribution is 0.104. The molecule has 0 aliphatic carbocycles. The van der Waals surface area contributed by atoms with Crippen LogP contribution in [-0.4, -0.2) is 30.7 Å². The Morgan fingerprint density at radius 1 is 1.26 bits per heavy atom. The Morgan fingerprint density at radius 2 is 2.06 bits per heavy atom. The monoisotopic (exact) mass is 438 g/mol. The lowest BCUT2D eigenvalue weighted by Crippen LogP contribution is -2.11. The SMILES string of the molecule is C[C@H]1Oc2cc(cnc2N)-c2n[nH]c(Cl)c2C(=O)c2cn(C)nc2-c2ccc(F)cc21. The number of nitrogen functional groups attached to an aromatic ring is 1. The van der Waals surface area contributed by atoms with E-state index in [-0.39, 0.29) is 28.1 Å². The van der Waals surface area contributed by atoms with Gasteiger partial charge in [-0.1, -0.05) is 11.6 Å². The van der Waals surface area contributed by atoms with E-state index >= 15 is 0 Å². The topological polar surface area (TPSA) is 112 Å². The number of aryl methyl sites for hydroxylation is 1. The maximum atomic E-state index is 14.2. The molecule has 0 unspecified atom stereocenters. The number of carbonyl (C=O) groups is 1. The number of nitrogens with two attached hydrogens (primary N) is 1. The standard InChI is InChI=1S/C21H16ClFN6O2/c1-9-13-6-11(23)3-4-12(13)18-14(8-29(2)28-18)19(30)16-17(26-27-20(16)22)10-5-15(31-9)21(24)25-7-10/h3-9H,1-2H3,(H2,24,25)(H,26,27)/t9-/m1/s1. The Labute approximate surface area is 180 Å². The summed E-state index contributed by atoms with van der Waals surface area (Å²) in [5.74, 6) is -0.386. The third-order valence-corrected chi connectivity index (χ3v) is 5.46. The van der Waals surface area contributed by atoms with Crippen molar-refractivity contribution in [2.24, 2.45) is 7.05 Å². The van der Waals surface area contributed by atoms with Crippen molar-refractivity contribution in [2.75, 3.05) is 5.73 Å². The number of rotatable bonds is 0. The molecular weight excluding hydrogens is 423 g/mol. The number of pyridine rings is 1. The number of H-pyrrole nitrogens is 1. The molecule has 156 valence electrons. The van der Waals surface area contributed by atoms with Crippen molar-refractivity contribution in [2.45, 2.75) is 13.0 Å². The zero-order valence-electron chi connectivity index (χ0n) is 16.5. The average Bonchev–Trinajstić information content (AvgIpc) is 3.31. The Balaban J connectivity index is 1.87. The number of ketones is 1. The molecule has 1 atom stereocenters. The number of fused-ring (bicyclic) bond motifs is 7. The van der Waals surface area contributed by atoms with Crippen LogP contribution in [0.1, 0.15) is 34.5 Å². The van der Waals surface area contributed by atoms with Crippen molar-refractivity contribution in [3.8, 4) is 28.3 Å². The predicted octanol–water partition coefficient (Wildman–Crippen LogP) is 3.93. The Kier molecular flexibility index (Phi) is 4.30. The first kappa shape index (κ1) is 19.3. The van der Waals surface area contributed by atoms with E-state index in [2.05, 4.69) is 20.3 Å². The fourth-order valence-corrected chi connectivity index (χ4v) is 3.96. The van der Waals surface area contributed by atoms with Crippen LogP contribution in [0.2, 0.25) is 5.15 Å². The van der Waals surface area contributed by atoms with Gasteiger partial charge in [0.2, 0.25) is 5.78 Å². The van der Waals surface area contributed by atoms with Crippen molar-refractivity contribution >= 4 is 23.2 Å². The van der Waals surface area contributed by atoms with Crippen molar-refractivity contribution in [1.82, 2.24) is 25.0 Å². The second-order valence-corrected chi connectivity index (χ2v) is 7.63. The van der Waals surface area contributed by atoms with Crippen LogP contribution in [-0.2, 0) is 7.05 Å². The first-order valence-corrected chi connectivity index (χ1v) is 9.76. The third-order valence-electron chi connectivity index (χ3n) is 5.19. The van der Waals surface area contributed by atoms with Gasteiger partial charge in [0.1, 0.15) is 28.5 Å². The summed E-state index contributed by atoms with van der Waals surface area (Å²) in [7, 11) is 1.70. The lowest BCUT2D eigenvalue weighted by atomic mass is 9.94. The number of hydrogen-bond acceptors (Lipinski definition) is 6. The van der Waals surface area contributed by atoms with E-state index < -0.39 is 11.9 Å². The number of nitrogens with one attached hydrogen (secondary N) is 1. The molecule has 3 N–H and O–H groups in total.